The molecule has 6 atom stereocenters. The van der Waals surface area contributed by atoms with Crippen LogP contribution in [0.1, 0.15) is 164 Å². The van der Waals surface area contributed by atoms with Gasteiger partial charge in [0.2, 0.25) is 18.5 Å². The van der Waals surface area contributed by atoms with E-state index in [4.69, 9.17) is 33.7 Å². The molecule has 1 saturated carbocycles. The molecular formula is C58H78N2O10. The molecule has 0 bridgehead atoms. The number of hydrogen-bond acceptors (Lipinski definition) is 11. The standard InChI is InChI=1S/C58H78N2O10/c1-6-8-9-10-11-12-13-14-15-25-54(64)60(38-41-26-28-51-52(34-41)66-40-65-51)53-37-49(59-70-57(3,4)5)47-35-43(22-16-18-30-61)46(24-17-19-31-62)55-48-36-45(68-44-23-20-21-42(33-44)39-63)27-29-50(48)69-58(53,56(47)55)67-32-7-2/h7,20-21,23,26-29,33-36,39,43,46,53,55-56,61-62H,2,6,8-19,22,24-25,30-32,37-38,40H2,1,3-5H3/t43-,46+,53-,55+,56+,58+/m0/s1. The van der Waals surface area contributed by atoms with E-state index in [0.29, 0.717) is 60.0 Å². The largest absolute Gasteiger partial charge is 0.459 e. The number of carbonyl (C=O) groups is 2. The molecule has 7 rings (SSSR count). The van der Waals surface area contributed by atoms with E-state index < -0.39 is 23.3 Å². The number of carbonyl (C=O) groups excluding carboxylic acids is 2. The number of hydrogen-bond donors (Lipinski definition) is 2. The molecule has 4 aliphatic rings. The highest BCUT2D eigenvalue weighted by atomic mass is 16.7. The summed E-state index contributed by atoms with van der Waals surface area (Å²) in [5.41, 5.74) is 3.43. The molecule has 1 amide bonds. The number of benzene rings is 3. The molecule has 1 fully saturated rings. The van der Waals surface area contributed by atoms with Gasteiger partial charge >= 0.3 is 0 Å². The Hall–Kier alpha value is -5.17. The zero-order valence-electron chi connectivity index (χ0n) is 42.2. The second-order valence-corrected chi connectivity index (χ2v) is 20.6. The van der Waals surface area contributed by atoms with E-state index >= 15 is 4.79 Å². The van der Waals surface area contributed by atoms with Crippen LogP contribution in [0.25, 0.3) is 0 Å². The van der Waals surface area contributed by atoms with Crippen LogP contribution >= 0.6 is 0 Å². The average molecular weight is 963 g/mol. The van der Waals surface area contributed by atoms with Gasteiger partial charge in [-0.15, -0.1) is 6.58 Å². The predicted octanol–water partition coefficient (Wildman–Crippen LogP) is 12.4. The summed E-state index contributed by atoms with van der Waals surface area (Å²) in [5.74, 6) is 1.01. The molecule has 0 unspecified atom stereocenters. The molecule has 2 N–H and O–H groups in total. The highest BCUT2D eigenvalue weighted by Crippen LogP contribution is 2.62. The van der Waals surface area contributed by atoms with Crippen LogP contribution in [0, 0.1) is 17.8 Å². The minimum absolute atomic E-state index is 0.000134. The van der Waals surface area contributed by atoms with Crippen LogP contribution in [0.2, 0.25) is 0 Å². The van der Waals surface area contributed by atoms with Crippen LogP contribution in [0.3, 0.4) is 0 Å². The summed E-state index contributed by atoms with van der Waals surface area (Å²) >= 11 is 0. The van der Waals surface area contributed by atoms with Gasteiger partial charge in [-0.1, -0.05) is 107 Å². The van der Waals surface area contributed by atoms with E-state index in [2.05, 4.69) is 25.6 Å². The minimum atomic E-state index is -1.42. The Morgan fingerprint density at radius 1 is 0.857 bits per heavy atom. The van der Waals surface area contributed by atoms with E-state index in [1.807, 2.05) is 62.1 Å². The molecule has 12 nitrogen and oxygen atoms in total. The second-order valence-electron chi connectivity index (χ2n) is 20.6. The maximum Gasteiger partial charge on any atom is 0.239 e. The molecule has 70 heavy (non-hydrogen) atoms. The molecule has 0 aromatic heterocycles. The van der Waals surface area contributed by atoms with Gasteiger partial charge in [-0.25, -0.2) is 0 Å². The first-order valence-corrected chi connectivity index (χ1v) is 26.2. The maximum absolute atomic E-state index is 15.4. The fourth-order valence-electron chi connectivity index (χ4n) is 11.0. The van der Waals surface area contributed by atoms with Crippen molar-refractivity contribution in [2.75, 3.05) is 26.6 Å². The molecule has 2 heterocycles. The third-order valence-electron chi connectivity index (χ3n) is 14.3. The summed E-state index contributed by atoms with van der Waals surface area (Å²) in [6.45, 7) is 13.0. The van der Waals surface area contributed by atoms with Crippen LogP contribution in [0.4, 0.5) is 0 Å². The zero-order valence-corrected chi connectivity index (χ0v) is 42.2. The number of aliphatic hydroxyl groups is 2. The first-order valence-electron chi connectivity index (χ1n) is 26.2. The van der Waals surface area contributed by atoms with Gasteiger partial charge in [0.05, 0.1) is 18.2 Å². The third-order valence-corrected chi connectivity index (χ3v) is 14.3. The number of aldehydes is 1. The molecule has 0 radical (unpaired) electrons. The van der Waals surface area contributed by atoms with Crippen molar-refractivity contribution in [1.82, 2.24) is 4.90 Å². The molecule has 12 heteroatoms. The van der Waals surface area contributed by atoms with Crippen LogP contribution in [-0.2, 0) is 20.9 Å². The number of nitrogens with zero attached hydrogens (tertiary/aromatic N) is 2. The van der Waals surface area contributed by atoms with Gasteiger partial charge in [0, 0.05) is 49.6 Å². The molecule has 2 aliphatic heterocycles. The Bertz CT molecular complexity index is 2270. The lowest BCUT2D eigenvalue weighted by molar-refractivity contribution is -0.258. The predicted molar refractivity (Wildman–Crippen MR) is 273 cm³/mol. The second kappa shape index (κ2) is 25.3. The van der Waals surface area contributed by atoms with Crippen molar-refractivity contribution in [2.24, 2.45) is 22.9 Å². The molecule has 2 aliphatic carbocycles. The van der Waals surface area contributed by atoms with Crippen LogP contribution in [0.15, 0.2) is 90.1 Å². The Balaban J connectivity index is 1.38. The third kappa shape index (κ3) is 13.0. The van der Waals surface area contributed by atoms with Gasteiger partial charge < -0.3 is 43.6 Å². The van der Waals surface area contributed by atoms with Crippen molar-refractivity contribution in [3.8, 4) is 28.7 Å². The average Bonchev–Trinajstić information content (AvgIpc) is 3.83. The number of rotatable bonds is 28. The van der Waals surface area contributed by atoms with Crippen molar-refractivity contribution in [1.29, 1.82) is 0 Å². The lowest BCUT2D eigenvalue weighted by atomic mass is 9.55. The summed E-state index contributed by atoms with van der Waals surface area (Å²) in [4.78, 5) is 35.5. The normalized spacial score (nSPS) is 22.6. The number of oxime groups is 1. The van der Waals surface area contributed by atoms with E-state index in [9.17, 15) is 15.0 Å². The van der Waals surface area contributed by atoms with Crippen molar-refractivity contribution >= 4 is 17.9 Å². The van der Waals surface area contributed by atoms with Crippen molar-refractivity contribution < 1.29 is 48.3 Å². The molecule has 380 valence electrons. The van der Waals surface area contributed by atoms with Gasteiger partial charge in [-0.3, -0.25) is 9.59 Å². The van der Waals surface area contributed by atoms with Gasteiger partial charge in [0.15, 0.2) is 11.5 Å². The Labute approximate surface area is 416 Å². The smallest absolute Gasteiger partial charge is 0.239 e. The number of aliphatic hydroxyl groups excluding tert-OH is 2. The molecule has 0 spiro atoms. The minimum Gasteiger partial charge on any atom is -0.459 e. The van der Waals surface area contributed by atoms with Gasteiger partial charge in [-0.2, -0.15) is 0 Å². The topological polar surface area (TPSA) is 146 Å². The van der Waals surface area contributed by atoms with Gasteiger partial charge in [0.1, 0.15) is 35.2 Å². The molecular weight excluding hydrogens is 885 g/mol. The number of fused-ring (bicyclic) bond motifs is 3. The molecule has 3 aromatic carbocycles. The number of allylic oxidation sites excluding steroid dienone is 1. The van der Waals surface area contributed by atoms with Crippen molar-refractivity contribution in [3.05, 3.63) is 102 Å². The van der Waals surface area contributed by atoms with Crippen LogP contribution < -0.4 is 18.9 Å². The van der Waals surface area contributed by atoms with Crippen LogP contribution in [-0.4, -0.2) is 77.1 Å². The Kier molecular flexibility index (Phi) is 19.0. The first-order chi connectivity index (χ1) is 34.0. The lowest BCUT2D eigenvalue weighted by Crippen LogP contribution is -2.70. The van der Waals surface area contributed by atoms with Crippen LogP contribution in [0.5, 0.6) is 28.7 Å². The summed E-state index contributed by atoms with van der Waals surface area (Å²) < 4.78 is 32.9. The number of ether oxygens (including phenoxy) is 5. The number of amides is 1. The van der Waals surface area contributed by atoms with E-state index in [1.165, 1.54) is 32.1 Å². The quantitative estimate of drug-likeness (QED) is 0.0312. The zero-order chi connectivity index (χ0) is 49.5. The first kappa shape index (κ1) is 52.6. The van der Waals surface area contributed by atoms with Gasteiger partial charge in [-0.05, 0) is 118 Å². The summed E-state index contributed by atoms with van der Waals surface area (Å²) in [5, 5.41) is 25.2. The van der Waals surface area contributed by atoms with E-state index in [-0.39, 0.29) is 56.8 Å². The van der Waals surface area contributed by atoms with Crippen molar-refractivity contribution in [2.45, 2.75) is 167 Å². The van der Waals surface area contributed by atoms with E-state index in [0.717, 1.165) is 80.1 Å². The monoisotopic (exact) mass is 963 g/mol. The number of unbranched alkanes of at least 4 members (excludes halogenated alkanes) is 10. The summed E-state index contributed by atoms with van der Waals surface area (Å²) in [7, 11) is 0. The lowest BCUT2D eigenvalue weighted by Gasteiger charge is -2.60. The highest BCUT2D eigenvalue weighted by Gasteiger charge is 2.65. The maximum atomic E-state index is 15.4. The van der Waals surface area contributed by atoms with Crippen molar-refractivity contribution in [3.63, 3.8) is 0 Å². The summed E-state index contributed by atoms with van der Waals surface area (Å²) in [6, 6.07) is 18.2. The summed E-state index contributed by atoms with van der Waals surface area (Å²) in [6.07, 6.45) is 20.3. The fourth-order valence-corrected chi connectivity index (χ4v) is 11.0. The highest BCUT2D eigenvalue weighted by molar-refractivity contribution is 6.03. The van der Waals surface area contributed by atoms with Gasteiger partial charge in [0.25, 0.3) is 0 Å². The molecule has 3 aromatic rings. The Morgan fingerprint density at radius 2 is 1.57 bits per heavy atom. The Morgan fingerprint density at radius 3 is 2.30 bits per heavy atom. The van der Waals surface area contributed by atoms with E-state index in [1.54, 1.807) is 24.3 Å². The fraction of sp³-hybridized carbons (Fsp3) is 0.569. The molecule has 0 saturated heterocycles. The SMILES string of the molecule is C=CCO[C@@]12Oc3ccc(Oc4cccc(C=O)c4)cc3[C@H]3[C@H](CCCCO)[C@@H](CCCCO)C=C(C(=NOC(C)(C)C)C[C@@H]1N(Cc1ccc4c(c1)OCO4)C(=O)CCCCCCCCCCC)[C@H]32.